The molecule has 2 unspecified atom stereocenters. The first-order valence-corrected chi connectivity index (χ1v) is 9.45. The molecule has 1 aromatic heterocycles. The van der Waals surface area contributed by atoms with Gasteiger partial charge in [0.15, 0.2) is 17.5 Å². The van der Waals surface area contributed by atoms with E-state index in [4.69, 9.17) is 4.74 Å². The van der Waals surface area contributed by atoms with Crippen LogP contribution in [0.15, 0.2) is 41.7 Å². The van der Waals surface area contributed by atoms with E-state index in [1.54, 1.807) is 29.9 Å². The van der Waals surface area contributed by atoms with Crippen molar-refractivity contribution in [2.75, 3.05) is 34.2 Å². The van der Waals surface area contributed by atoms with E-state index in [9.17, 15) is 4.39 Å². The van der Waals surface area contributed by atoms with E-state index in [-0.39, 0.29) is 47.7 Å². The van der Waals surface area contributed by atoms with Crippen LogP contribution in [-0.4, -0.2) is 61.0 Å². The number of nitrogens with one attached hydrogen (secondary N) is 2. The molecule has 0 radical (unpaired) electrons. The van der Waals surface area contributed by atoms with Crippen molar-refractivity contribution >= 4 is 29.9 Å². The molecule has 0 spiro atoms. The predicted molar refractivity (Wildman–Crippen MR) is 126 cm³/mol. The van der Waals surface area contributed by atoms with Crippen LogP contribution in [0, 0.1) is 5.82 Å². The molecule has 0 aliphatic carbocycles. The molecule has 0 saturated carbocycles. The van der Waals surface area contributed by atoms with Crippen molar-refractivity contribution in [1.29, 1.82) is 0 Å². The summed E-state index contributed by atoms with van der Waals surface area (Å²) in [5.41, 5.74) is 1.13. The normalized spacial score (nSPS) is 13.6. The number of nitrogens with zero attached hydrogens (tertiary/aromatic N) is 4. The second-order valence-corrected chi connectivity index (χ2v) is 6.84. The lowest BCUT2D eigenvalue weighted by molar-refractivity contribution is 0.191. The Balaban J connectivity index is 0.00000420. The number of benzene rings is 1. The Morgan fingerprint density at radius 3 is 2.52 bits per heavy atom. The Morgan fingerprint density at radius 2 is 1.97 bits per heavy atom. The number of aromatic nitrogens is 2. The molecule has 0 aliphatic heterocycles. The SMILES string of the molecule is CCC(CNC(=NC)NCC(c1cnn(C)c1)N(C)C)Oc1ccccc1F.I. The van der Waals surface area contributed by atoms with Crippen molar-refractivity contribution in [3.63, 3.8) is 0 Å². The fourth-order valence-electron chi connectivity index (χ4n) is 2.82. The molecule has 0 saturated heterocycles. The zero-order valence-electron chi connectivity index (χ0n) is 17.7. The molecular weight excluding hydrogens is 486 g/mol. The van der Waals surface area contributed by atoms with E-state index in [1.807, 2.05) is 40.5 Å². The molecule has 162 valence electrons. The molecule has 1 heterocycles. The van der Waals surface area contributed by atoms with E-state index in [1.165, 1.54) is 6.07 Å². The second-order valence-electron chi connectivity index (χ2n) is 6.84. The van der Waals surface area contributed by atoms with Crippen molar-refractivity contribution in [2.24, 2.45) is 12.0 Å². The molecule has 2 atom stereocenters. The smallest absolute Gasteiger partial charge is 0.191 e. The maximum absolute atomic E-state index is 13.8. The number of ether oxygens (including phenoxy) is 1. The zero-order chi connectivity index (χ0) is 20.5. The fourth-order valence-corrected chi connectivity index (χ4v) is 2.82. The summed E-state index contributed by atoms with van der Waals surface area (Å²) in [6.45, 7) is 3.20. The van der Waals surface area contributed by atoms with Gasteiger partial charge in [0.2, 0.25) is 0 Å². The van der Waals surface area contributed by atoms with Crippen LogP contribution in [0.25, 0.3) is 0 Å². The van der Waals surface area contributed by atoms with Crippen LogP contribution in [0.1, 0.15) is 24.9 Å². The molecule has 2 rings (SSSR count). The summed E-state index contributed by atoms with van der Waals surface area (Å²) in [6, 6.07) is 6.61. The van der Waals surface area contributed by atoms with Gasteiger partial charge in [0.25, 0.3) is 0 Å². The summed E-state index contributed by atoms with van der Waals surface area (Å²) in [5, 5.41) is 10.9. The summed E-state index contributed by atoms with van der Waals surface area (Å²) >= 11 is 0. The monoisotopic (exact) mass is 518 g/mol. The summed E-state index contributed by atoms with van der Waals surface area (Å²) in [5.74, 6) is 0.587. The van der Waals surface area contributed by atoms with Gasteiger partial charge in [0.05, 0.1) is 18.8 Å². The number of aryl methyl sites for hydroxylation is 1. The molecule has 2 aromatic rings. The highest BCUT2D eigenvalue weighted by Gasteiger charge is 2.17. The second kappa shape index (κ2) is 12.6. The fraction of sp³-hybridized carbons (Fsp3) is 0.500. The summed E-state index contributed by atoms with van der Waals surface area (Å²) in [7, 11) is 7.70. The maximum Gasteiger partial charge on any atom is 0.191 e. The number of aliphatic imine (C=N–C) groups is 1. The Labute approximate surface area is 189 Å². The van der Waals surface area contributed by atoms with Crippen LogP contribution in [0.4, 0.5) is 4.39 Å². The first kappa shape index (κ1) is 25.2. The van der Waals surface area contributed by atoms with Crippen LogP contribution in [0.5, 0.6) is 5.75 Å². The van der Waals surface area contributed by atoms with Gasteiger partial charge in [0, 0.05) is 32.4 Å². The molecule has 0 bridgehead atoms. The minimum Gasteiger partial charge on any atom is -0.486 e. The highest BCUT2D eigenvalue weighted by Crippen LogP contribution is 2.18. The van der Waals surface area contributed by atoms with Crippen LogP contribution in [-0.2, 0) is 7.05 Å². The Morgan fingerprint density at radius 1 is 1.28 bits per heavy atom. The van der Waals surface area contributed by atoms with Crippen molar-refractivity contribution in [1.82, 2.24) is 25.3 Å². The van der Waals surface area contributed by atoms with Crippen molar-refractivity contribution in [3.05, 3.63) is 48.0 Å². The lowest BCUT2D eigenvalue weighted by atomic mass is 10.1. The molecule has 0 fully saturated rings. The standard InChI is InChI=1S/C20H31FN6O.HI/c1-6-16(28-19-10-8-7-9-17(19)21)12-23-20(22-2)24-13-18(26(3)4)15-11-25-27(5)14-15;/h7-11,14,16,18H,6,12-13H2,1-5H3,(H2,22,23,24);1H. The molecule has 0 aliphatic rings. The van der Waals surface area contributed by atoms with Gasteiger partial charge in [0.1, 0.15) is 6.10 Å². The van der Waals surface area contributed by atoms with E-state index in [0.717, 1.165) is 12.0 Å². The van der Waals surface area contributed by atoms with Gasteiger partial charge < -0.3 is 20.3 Å². The van der Waals surface area contributed by atoms with Gasteiger partial charge in [-0.05, 0) is 32.6 Å². The van der Waals surface area contributed by atoms with Gasteiger partial charge in [-0.25, -0.2) is 4.39 Å². The first-order chi connectivity index (χ1) is 13.4. The molecule has 0 amide bonds. The van der Waals surface area contributed by atoms with Gasteiger partial charge in [-0.15, -0.1) is 24.0 Å². The minimum absolute atomic E-state index is 0. The summed E-state index contributed by atoms with van der Waals surface area (Å²) < 4.78 is 21.4. The highest BCUT2D eigenvalue weighted by atomic mass is 127. The third kappa shape index (κ3) is 7.81. The number of hydrogen-bond donors (Lipinski definition) is 2. The third-order valence-electron chi connectivity index (χ3n) is 4.50. The number of hydrogen-bond acceptors (Lipinski definition) is 4. The van der Waals surface area contributed by atoms with E-state index >= 15 is 0 Å². The number of likely N-dealkylation sites (N-methyl/N-ethyl adjacent to an activating group) is 1. The number of guanidine groups is 1. The average molecular weight is 518 g/mol. The van der Waals surface area contributed by atoms with E-state index in [2.05, 4.69) is 25.6 Å². The quantitative estimate of drug-likeness (QED) is 0.304. The Hall–Kier alpha value is -1.88. The average Bonchev–Trinajstić information content (AvgIpc) is 3.10. The maximum atomic E-state index is 13.8. The van der Waals surface area contributed by atoms with Crippen molar-refractivity contribution in [3.8, 4) is 5.75 Å². The van der Waals surface area contributed by atoms with Gasteiger partial charge in [-0.1, -0.05) is 19.1 Å². The largest absolute Gasteiger partial charge is 0.486 e. The van der Waals surface area contributed by atoms with E-state index < -0.39 is 0 Å². The molecule has 2 N–H and O–H groups in total. The summed E-state index contributed by atoms with van der Waals surface area (Å²) in [6.07, 6.45) is 4.46. The molecule has 29 heavy (non-hydrogen) atoms. The molecule has 9 heteroatoms. The lowest BCUT2D eigenvalue weighted by Gasteiger charge is -2.25. The van der Waals surface area contributed by atoms with Gasteiger partial charge >= 0.3 is 0 Å². The number of rotatable bonds is 9. The van der Waals surface area contributed by atoms with E-state index in [0.29, 0.717) is 19.0 Å². The minimum atomic E-state index is -0.353. The van der Waals surface area contributed by atoms with Gasteiger partial charge in [-0.3, -0.25) is 9.67 Å². The van der Waals surface area contributed by atoms with Crippen LogP contribution >= 0.6 is 24.0 Å². The Bertz CT molecular complexity index is 767. The van der Waals surface area contributed by atoms with Crippen molar-refractivity contribution < 1.29 is 9.13 Å². The third-order valence-corrected chi connectivity index (χ3v) is 4.50. The van der Waals surface area contributed by atoms with Crippen LogP contribution in [0.3, 0.4) is 0 Å². The lowest BCUT2D eigenvalue weighted by Crippen LogP contribution is -2.45. The topological polar surface area (TPSA) is 66.7 Å². The molecule has 7 nitrogen and oxygen atoms in total. The number of halogens is 2. The van der Waals surface area contributed by atoms with Crippen LogP contribution < -0.4 is 15.4 Å². The first-order valence-electron chi connectivity index (χ1n) is 9.45. The molecular formula is C20H32FIN6O. The molecule has 1 aromatic carbocycles. The number of para-hydroxylation sites is 1. The predicted octanol–water partition coefficient (Wildman–Crippen LogP) is 2.80. The highest BCUT2D eigenvalue weighted by molar-refractivity contribution is 14.0. The summed E-state index contributed by atoms with van der Waals surface area (Å²) in [4.78, 5) is 6.41. The zero-order valence-corrected chi connectivity index (χ0v) is 20.1. The van der Waals surface area contributed by atoms with Crippen molar-refractivity contribution in [2.45, 2.75) is 25.5 Å². The van der Waals surface area contributed by atoms with Gasteiger partial charge in [-0.2, -0.15) is 5.10 Å². The van der Waals surface area contributed by atoms with Crippen LogP contribution in [0.2, 0.25) is 0 Å². The Kier molecular flexibility index (Phi) is 11.0.